The summed E-state index contributed by atoms with van der Waals surface area (Å²) in [6.07, 6.45) is 0. The monoisotopic (exact) mass is 227 g/mol. The van der Waals surface area contributed by atoms with Gasteiger partial charge in [0, 0.05) is 6.04 Å². The number of amides is 1. The van der Waals surface area contributed by atoms with E-state index >= 15 is 0 Å². The van der Waals surface area contributed by atoms with E-state index < -0.39 is 0 Å². The summed E-state index contributed by atoms with van der Waals surface area (Å²) < 4.78 is 0. The molecule has 1 aromatic rings. The second kappa shape index (κ2) is 5.07. The third-order valence-corrected chi connectivity index (χ3v) is 2.46. The van der Waals surface area contributed by atoms with Crippen LogP contribution in [0.4, 0.5) is 0 Å². The van der Waals surface area contributed by atoms with Crippen LogP contribution >= 0.6 is 11.6 Å². The summed E-state index contributed by atoms with van der Waals surface area (Å²) in [5, 5.41) is 10.2. The number of rotatable bonds is 3. The number of halogens is 1. The smallest absolute Gasteiger partial charge is 0.272 e. The first-order valence-corrected chi connectivity index (χ1v) is 5.19. The highest BCUT2D eigenvalue weighted by Gasteiger charge is 2.14. The molecule has 1 aromatic heterocycles. The van der Waals surface area contributed by atoms with Crippen molar-refractivity contribution < 1.29 is 4.79 Å². The molecule has 0 saturated heterocycles. The average Bonchev–Trinajstić information content (AvgIpc) is 2.18. The molecule has 0 saturated carbocycles. The fourth-order valence-corrected chi connectivity index (χ4v) is 0.979. The number of nitrogens with one attached hydrogen (secondary N) is 1. The number of alkyl halides is 1. The zero-order valence-electron chi connectivity index (χ0n) is 8.99. The van der Waals surface area contributed by atoms with Crippen LogP contribution in [0, 0.1) is 6.92 Å². The van der Waals surface area contributed by atoms with Crippen molar-refractivity contribution in [2.75, 3.05) is 0 Å². The lowest BCUT2D eigenvalue weighted by molar-refractivity contribution is 0.0933. The minimum Gasteiger partial charge on any atom is -0.347 e. The van der Waals surface area contributed by atoms with Crippen LogP contribution < -0.4 is 5.32 Å². The third-order valence-electron chi connectivity index (χ3n) is 2.08. The van der Waals surface area contributed by atoms with Gasteiger partial charge >= 0.3 is 0 Å². The molecule has 0 aliphatic carbocycles. The largest absolute Gasteiger partial charge is 0.347 e. The first-order chi connectivity index (χ1) is 7.00. The van der Waals surface area contributed by atoms with Crippen LogP contribution in [0.15, 0.2) is 12.1 Å². The van der Waals surface area contributed by atoms with Gasteiger partial charge in [-0.2, -0.15) is 5.10 Å². The molecular weight excluding hydrogens is 214 g/mol. The molecule has 1 N–H and O–H groups in total. The van der Waals surface area contributed by atoms with Gasteiger partial charge in [0.15, 0.2) is 5.69 Å². The number of hydrogen-bond donors (Lipinski definition) is 1. The molecule has 2 atom stereocenters. The molecule has 0 radical (unpaired) electrons. The summed E-state index contributed by atoms with van der Waals surface area (Å²) in [6.45, 7) is 5.49. The van der Waals surface area contributed by atoms with Gasteiger partial charge in [-0.05, 0) is 32.9 Å². The molecule has 5 heteroatoms. The van der Waals surface area contributed by atoms with Crippen LogP contribution in [-0.4, -0.2) is 27.5 Å². The van der Waals surface area contributed by atoms with Crippen LogP contribution in [-0.2, 0) is 0 Å². The van der Waals surface area contributed by atoms with E-state index in [-0.39, 0.29) is 17.3 Å². The normalized spacial score (nSPS) is 14.4. The molecular formula is C10H14ClN3O. The molecule has 0 aromatic carbocycles. The van der Waals surface area contributed by atoms with E-state index in [1.54, 1.807) is 12.1 Å². The number of hydrogen-bond acceptors (Lipinski definition) is 3. The maximum Gasteiger partial charge on any atom is 0.272 e. The molecule has 2 unspecified atom stereocenters. The van der Waals surface area contributed by atoms with Gasteiger partial charge < -0.3 is 5.32 Å². The van der Waals surface area contributed by atoms with Gasteiger partial charge in [-0.25, -0.2) is 0 Å². The van der Waals surface area contributed by atoms with E-state index in [9.17, 15) is 4.79 Å². The lowest BCUT2D eigenvalue weighted by Crippen LogP contribution is -2.38. The van der Waals surface area contributed by atoms with Gasteiger partial charge in [-0.3, -0.25) is 4.79 Å². The molecule has 1 heterocycles. The number of nitrogens with zero attached hydrogens (tertiary/aromatic N) is 2. The van der Waals surface area contributed by atoms with Crippen LogP contribution in [0.2, 0.25) is 0 Å². The maximum absolute atomic E-state index is 11.6. The summed E-state index contributed by atoms with van der Waals surface area (Å²) in [6, 6.07) is 3.29. The SMILES string of the molecule is Cc1ccc(C(=O)NC(C)C(C)Cl)nn1. The Hall–Kier alpha value is -1.16. The summed E-state index contributed by atoms with van der Waals surface area (Å²) in [7, 11) is 0. The third kappa shape index (κ3) is 3.47. The minimum absolute atomic E-state index is 0.0951. The Kier molecular flexibility index (Phi) is 4.03. The van der Waals surface area contributed by atoms with Crippen molar-refractivity contribution in [3.63, 3.8) is 0 Å². The van der Waals surface area contributed by atoms with Crippen molar-refractivity contribution in [2.24, 2.45) is 0 Å². The highest BCUT2D eigenvalue weighted by atomic mass is 35.5. The fourth-order valence-electron chi connectivity index (χ4n) is 0.916. The van der Waals surface area contributed by atoms with Gasteiger partial charge in [0.05, 0.1) is 11.1 Å². The second-order valence-electron chi connectivity index (χ2n) is 3.50. The molecule has 1 amide bonds. The number of aryl methyl sites for hydroxylation is 1. The Morgan fingerprint density at radius 2 is 2.07 bits per heavy atom. The first kappa shape index (κ1) is 11.9. The summed E-state index contributed by atoms with van der Waals surface area (Å²) in [5.74, 6) is -0.248. The van der Waals surface area contributed by atoms with Crippen LogP contribution in [0.3, 0.4) is 0 Å². The zero-order chi connectivity index (χ0) is 11.4. The van der Waals surface area contributed by atoms with Crippen LogP contribution in [0.5, 0.6) is 0 Å². The summed E-state index contributed by atoms with van der Waals surface area (Å²) in [5.41, 5.74) is 1.09. The highest BCUT2D eigenvalue weighted by Crippen LogP contribution is 2.02. The molecule has 0 spiro atoms. The quantitative estimate of drug-likeness (QED) is 0.797. The van der Waals surface area contributed by atoms with Crippen molar-refractivity contribution in [3.05, 3.63) is 23.5 Å². The molecule has 15 heavy (non-hydrogen) atoms. The average molecular weight is 228 g/mol. The Morgan fingerprint density at radius 3 is 2.53 bits per heavy atom. The summed E-state index contributed by atoms with van der Waals surface area (Å²) >= 11 is 5.83. The van der Waals surface area contributed by atoms with Gasteiger partial charge in [0.1, 0.15) is 0 Å². The van der Waals surface area contributed by atoms with E-state index in [0.29, 0.717) is 5.69 Å². The molecule has 4 nitrogen and oxygen atoms in total. The lowest BCUT2D eigenvalue weighted by Gasteiger charge is -2.15. The van der Waals surface area contributed by atoms with Crippen molar-refractivity contribution >= 4 is 17.5 Å². The number of carbonyl (C=O) groups excluding carboxylic acids is 1. The first-order valence-electron chi connectivity index (χ1n) is 4.76. The van der Waals surface area contributed by atoms with Crippen molar-refractivity contribution in [1.82, 2.24) is 15.5 Å². The molecule has 0 aliphatic heterocycles. The number of aromatic nitrogens is 2. The predicted octanol–water partition coefficient (Wildman–Crippen LogP) is 1.53. The van der Waals surface area contributed by atoms with Gasteiger partial charge in [0.25, 0.3) is 5.91 Å². The van der Waals surface area contributed by atoms with E-state index in [4.69, 9.17) is 11.6 Å². The topological polar surface area (TPSA) is 54.9 Å². The zero-order valence-corrected chi connectivity index (χ0v) is 9.75. The standard InChI is InChI=1S/C10H14ClN3O/c1-6-4-5-9(14-13-6)10(15)12-8(3)7(2)11/h4-5,7-8H,1-3H3,(H,12,15). The number of carbonyl (C=O) groups is 1. The fraction of sp³-hybridized carbons (Fsp3) is 0.500. The van der Waals surface area contributed by atoms with Crippen molar-refractivity contribution in [2.45, 2.75) is 32.2 Å². The van der Waals surface area contributed by atoms with E-state index in [2.05, 4.69) is 15.5 Å². The second-order valence-corrected chi connectivity index (χ2v) is 4.19. The molecule has 1 rings (SSSR count). The Labute approximate surface area is 94.0 Å². The Balaban J connectivity index is 2.65. The van der Waals surface area contributed by atoms with Gasteiger partial charge in [-0.1, -0.05) is 0 Å². The Morgan fingerprint density at radius 1 is 1.40 bits per heavy atom. The molecule has 0 fully saturated rings. The van der Waals surface area contributed by atoms with Crippen LogP contribution in [0.1, 0.15) is 30.0 Å². The van der Waals surface area contributed by atoms with E-state index in [1.807, 2.05) is 20.8 Å². The molecule has 0 aliphatic rings. The highest BCUT2D eigenvalue weighted by molar-refractivity contribution is 6.21. The predicted molar refractivity (Wildman–Crippen MR) is 59.0 cm³/mol. The van der Waals surface area contributed by atoms with Crippen molar-refractivity contribution in [1.29, 1.82) is 0 Å². The minimum atomic E-state index is -0.248. The maximum atomic E-state index is 11.6. The molecule has 82 valence electrons. The lowest BCUT2D eigenvalue weighted by atomic mass is 10.2. The van der Waals surface area contributed by atoms with Crippen LogP contribution in [0.25, 0.3) is 0 Å². The van der Waals surface area contributed by atoms with E-state index in [0.717, 1.165) is 5.69 Å². The summed E-state index contributed by atoms with van der Waals surface area (Å²) in [4.78, 5) is 11.6. The Bertz CT molecular complexity index is 337. The van der Waals surface area contributed by atoms with Gasteiger partial charge in [0.2, 0.25) is 0 Å². The van der Waals surface area contributed by atoms with E-state index in [1.165, 1.54) is 0 Å². The molecule has 0 bridgehead atoms. The van der Waals surface area contributed by atoms with Crippen molar-refractivity contribution in [3.8, 4) is 0 Å². The van der Waals surface area contributed by atoms with Gasteiger partial charge in [-0.15, -0.1) is 16.7 Å².